The third-order valence-corrected chi connectivity index (χ3v) is 11.0. The fraction of sp³-hybridized carbons (Fsp3) is 0.0638. The molecule has 6 aromatic carbocycles. The Morgan fingerprint density at radius 2 is 1.13 bits per heavy atom. The Balaban J connectivity index is 1.17. The lowest BCUT2D eigenvalue weighted by molar-refractivity contribution is 0.738. The average Bonchev–Trinajstić information content (AvgIpc) is 3.85. The van der Waals surface area contributed by atoms with E-state index in [0.29, 0.717) is 23.4 Å². The van der Waals surface area contributed by atoms with Crippen LogP contribution in [0.1, 0.15) is 46.2 Å². The van der Waals surface area contributed by atoms with Gasteiger partial charge in [-0.2, -0.15) is 0 Å². The van der Waals surface area contributed by atoms with Crippen molar-refractivity contribution >= 4 is 16.6 Å². The van der Waals surface area contributed by atoms with Crippen molar-refractivity contribution in [3.05, 3.63) is 204 Å². The van der Waals surface area contributed by atoms with Gasteiger partial charge in [0.15, 0.2) is 17.5 Å². The molecule has 0 fully saturated rings. The predicted molar refractivity (Wildman–Crippen MR) is 207 cm³/mol. The highest BCUT2D eigenvalue weighted by Gasteiger charge is 2.54. The largest absolute Gasteiger partial charge is 0.294 e. The summed E-state index contributed by atoms with van der Waals surface area (Å²) in [5.41, 5.74) is 12.9. The van der Waals surface area contributed by atoms with Gasteiger partial charge in [-0.3, -0.25) is 4.57 Å². The van der Waals surface area contributed by atoms with Gasteiger partial charge in [0.25, 0.3) is 0 Å². The van der Waals surface area contributed by atoms with Gasteiger partial charge in [0.1, 0.15) is 11.2 Å². The number of imidazole rings is 1. The maximum absolute atomic E-state index is 5.46. The van der Waals surface area contributed by atoms with Crippen molar-refractivity contribution in [1.29, 1.82) is 0 Å². The number of hydrogen-bond acceptors (Lipinski definition) is 4. The zero-order valence-electron chi connectivity index (χ0n) is 28.2. The molecule has 0 amide bonds. The first-order chi connectivity index (χ1) is 25.8. The highest BCUT2D eigenvalue weighted by molar-refractivity contribution is 5.94. The molecule has 244 valence electrons. The molecule has 1 spiro atoms. The highest BCUT2D eigenvalue weighted by Crippen LogP contribution is 2.61. The van der Waals surface area contributed by atoms with E-state index in [1.807, 2.05) is 18.2 Å². The number of aromatic nitrogens is 5. The van der Waals surface area contributed by atoms with Crippen LogP contribution in [-0.4, -0.2) is 24.5 Å². The van der Waals surface area contributed by atoms with E-state index in [-0.39, 0.29) is 0 Å². The van der Waals surface area contributed by atoms with Crippen molar-refractivity contribution < 1.29 is 0 Å². The van der Waals surface area contributed by atoms with Crippen LogP contribution < -0.4 is 0 Å². The molecule has 0 bridgehead atoms. The number of para-hydroxylation sites is 3. The second-order valence-electron chi connectivity index (χ2n) is 13.7. The number of allylic oxidation sites excluding steroid dienone is 4. The molecule has 8 aromatic rings. The van der Waals surface area contributed by atoms with Crippen LogP contribution in [0.15, 0.2) is 170 Å². The van der Waals surface area contributed by atoms with Crippen LogP contribution in [0.5, 0.6) is 0 Å². The molecule has 2 aliphatic carbocycles. The van der Waals surface area contributed by atoms with Crippen LogP contribution in [0, 0.1) is 0 Å². The summed E-state index contributed by atoms with van der Waals surface area (Å²) in [5.74, 6) is 3.27. The van der Waals surface area contributed by atoms with Crippen molar-refractivity contribution in [2.75, 3.05) is 0 Å². The van der Waals surface area contributed by atoms with Gasteiger partial charge in [-0.05, 0) is 58.0 Å². The molecule has 0 saturated carbocycles. The lowest BCUT2D eigenvalue weighted by Gasteiger charge is -2.27. The Bertz CT molecular complexity index is 2730. The molecular formula is C47H31N5. The second-order valence-corrected chi connectivity index (χ2v) is 13.7. The van der Waals surface area contributed by atoms with Crippen LogP contribution in [0.25, 0.3) is 56.2 Å². The summed E-state index contributed by atoms with van der Waals surface area (Å²) < 4.78 is 2.37. The van der Waals surface area contributed by atoms with Crippen LogP contribution in [0.4, 0.5) is 0 Å². The lowest BCUT2D eigenvalue weighted by atomic mass is 9.72. The summed E-state index contributed by atoms with van der Waals surface area (Å²) in [5, 5.41) is 0. The van der Waals surface area contributed by atoms with Gasteiger partial charge in [-0.1, -0.05) is 152 Å². The molecule has 0 N–H and O–H groups in total. The molecular weight excluding hydrogens is 635 g/mol. The summed E-state index contributed by atoms with van der Waals surface area (Å²) in [4.78, 5) is 21.1. The molecule has 0 saturated heterocycles. The van der Waals surface area contributed by atoms with E-state index in [9.17, 15) is 0 Å². The molecule has 1 aliphatic heterocycles. The monoisotopic (exact) mass is 665 g/mol. The van der Waals surface area contributed by atoms with Crippen LogP contribution in [0.2, 0.25) is 0 Å². The third-order valence-electron chi connectivity index (χ3n) is 11.0. The van der Waals surface area contributed by atoms with Crippen LogP contribution in [-0.2, 0) is 5.41 Å². The quantitative estimate of drug-likeness (QED) is 0.188. The summed E-state index contributed by atoms with van der Waals surface area (Å²) in [6, 6.07) is 53.6. The smallest absolute Gasteiger partial charge is 0.166 e. The van der Waals surface area contributed by atoms with E-state index in [0.717, 1.165) is 45.7 Å². The van der Waals surface area contributed by atoms with Gasteiger partial charge in [0, 0.05) is 22.6 Å². The zero-order chi connectivity index (χ0) is 34.2. The molecule has 11 rings (SSSR count). The maximum atomic E-state index is 5.46. The maximum Gasteiger partial charge on any atom is 0.166 e. The lowest BCUT2D eigenvalue weighted by Crippen LogP contribution is -2.27. The van der Waals surface area contributed by atoms with E-state index in [4.69, 9.17) is 19.9 Å². The molecule has 1 unspecified atom stereocenters. The van der Waals surface area contributed by atoms with E-state index < -0.39 is 5.41 Å². The molecule has 5 nitrogen and oxygen atoms in total. The summed E-state index contributed by atoms with van der Waals surface area (Å²) >= 11 is 0. The normalized spacial score (nSPS) is 16.0. The highest BCUT2D eigenvalue weighted by atomic mass is 15.1. The topological polar surface area (TPSA) is 56.5 Å². The van der Waals surface area contributed by atoms with Gasteiger partial charge < -0.3 is 0 Å². The minimum atomic E-state index is -0.600. The first-order valence-corrected chi connectivity index (χ1v) is 17.9. The van der Waals surface area contributed by atoms with Crippen molar-refractivity contribution in [1.82, 2.24) is 24.5 Å². The molecule has 5 heteroatoms. The number of benzene rings is 6. The number of hydrogen-bond donors (Lipinski definition) is 0. The Hall–Kier alpha value is -6.72. The molecule has 52 heavy (non-hydrogen) atoms. The second kappa shape index (κ2) is 11.1. The molecule has 3 aliphatic rings. The minimum Gasteiger partial charge on any atom is -0.294 e. The Morgan fingerprint density at radius 1 is 0.519 bits per heavy atom. The Morgan fingerprint density at radius 3 is 1.88 bits per heavy atom. The molecule has 3 heterocycles. The summed E-state index contributed by atoms with van der Waals surface area (Å²) in [7, 11) is 0. The number of fused-ring (bicyclic) bond motifs is 12. The SMILES string of the molecule is C1=CC(c2ccccc2)CC=C1c1nc(-c2ccccc2)nc(-c2cccc3c2-n2c(nc4ccccc42)C32c3ccccc3-c3ccccc32)n1. The van der Waals surface area contributed by atoms with Gasteiger partial charge >= 0.3 is 0 Å². The number of rotatable bonds is 4. The van der Waals surface area contributed by atoms with E-state index in [2.05, 4.69) is 156 Å². The molecule has 0 radical (unpaired) electrons. The van der Waals surface area contributed by atoms with Gasteiger partial charge in [-0.25, -0.2) is 19.9 Å². The van der Waals surface area contributed by atoms with Crippen molar-refractivity contribution in [2.45, 2.75) is 17.8 Å². The standard InChI is InChI=1S/C47H31N5/c1-3-14-30(15-4-1)31-26-28-33(29-27-31)44-49-43(32-16-5-2-6-17-32)50-45(51-44)36-20-13-23-39-42(36)52-41-25-12-11-24-40(41)48-46(52)47(39)37-21-9-7-18-34(37)35-19-8-10-22-38(35)47/h1-26,28-29,31H,27H2. The third kappa shape index (κ3) is 4.05. The van der Waals surface area contributed by atoms with Crippen molar-refractivity contribution in [3.8, 4) is 39.6 Å². The first-order valence-electron chi connectivity index (χ1n) is 17.9. The molecule has 2 aromatic heterocycles. The summed E-state index contributed by atoms with van der Waals surface area (Å²) in [6.45, 7) is 0. The Kier molecular flexibility index (Phi) is 6.23. The van der Waals surface area contributed by atoms with Crippen LogP contribution >= 0.6 is 0 Å². The van der Waals surface area contributed by atoms with Gasteiger partial charge in [-0.15, -0.1) is 0 Å². The van der Waals surface area contributed by atoms with Gasteiger partial charge in [0.2, 0.25) is 0 Å². The molecule has 1 atom stereocenters. The Labute approximate surface area is 301 Å². The van der Waals surface area contributed by atoms with Gasteiger partial charge in [0.05, 0.1) is 16.7 Å². The van der Waals surface area contributed by atoms with Crippen molar-refractivity contribution in [3.63, 3.8) is 0 Å². The fourth-order valence-electron chi connectivity index (χ4n) is 8.73. The van der Waals surface area contributed by atoms with Crippen molar-refractivity contribution in [2.24, 2.45) is 0 Å². The minimum absolute atomic E-state index is 0.318. The number of nitrogens with zero attached hydrogens (tertiary/aromatic N) is 5. The van der Waals surface area contributed by atoms with E-state index in [1.165, 1.54) is 33.4 Å². The summed E-state index contributed by atoms with van der Waals surface area (Å²) in [6.07, 6.45) is 7.60. The zero-order valence-corrected chi connectivity index (χ0v) is 28.2. The van der Waals surface area contributed by atoms with E-state index in [1.54, 1.807) is 0 Å². The average molecular weight is 666 g/mol. The van der Waals surface area contributed by atoms with E-state index >= 15 is 0 Å². The van der Waals surface area contributed by atoms with Crippen LogP contribution in [0.3, 0.4) is 0 Å². The predicted octanol–water partition coefficient (Wildman–Crippen LogP) is 10.3. The first kappa shape index (κ1) is 29.1. The fourth-order valence-corrected chi connectivity index (χ4v) is 8.73.